The first-order chi connectivity index (χ1) is 47.7. The van der Waals surface area contributed by atoms with E-state index in [0.29, 0.717) is 12.1 Å². The fraction of sp³-hybridized carbons (Fsp3) is 0.159. The summed E-state index contributed by atoms with van der Waals surface area (Å²) in [6, 6.07) is 125. The number of nitrogens with one attached hydrogen (secondary N) is 2. The first-order valence-electron chi connectivity index (χ1n) is 34.2. The molecule has 2 fully saturated rings. The molecule has 0 aliphatic heterocycles. The highest BCUT2D eigenvalue weighted by molar-refractivity contribution is 7.81. The minimum Gasteiger partial charge on any atom is -0.308 e. The Morgan fingerprint density at radius 3 is 0.750 bits per heavy atom. The molecule has 0 unspecified atom stereocenters. The van der Waals surface area contributed by atoms with Crippen molar-refractivity contribution in [3.05, 3.63) is 362 Å². The normalized spacial score (nSPS) is 16.5. The van der Waals surface area contributed by atoms with Gasteiger partial charge < -0.3 is 10.6 Å². The first kappa shape index (κ1) is 66.2. The summed E-state index contributed by atoms with van der Waals surface area (Å²) in [6.45, 7) is 1.75. The van der Waals surface area contributed by atoms with Gasteiger partial charge in [-0.1, -0.05) is 365 Å². The van der Waals surface area contributed by atoms with Gasteiger partial charge in [0, 0.05) is 48.7 Å². The Kier molecular flexibility index (Phi) is 23.8. The highest BCUT2D eigenvalue weighted by Gasteiger charge is 2.29. The van der Waals surface area contributed by atoms with E-state index in [1.54, 1.807) is 0 Å². The van der Waals surface area contributed by atoms with E-state index in [1.165, 1.54) is 124 Å². The number of nitrogens with zero attached hydrogens (tertiary/aromatic N) is 2. The minimum atomic E-state index is -0.712. The third-order valence-corrected chi connectivity index (χ3v) is 28.4. The molecule has 2 aliphatic rings. The molecule has 8 heteroatoms. The van der Waals surface area contributed by atoms with Crippen LogP contribution in [0.5, 0.6) is 0 Å². The van der Waals surface area contributed by atoms with Crippen molar-refractivity contribution in [1.82, 2.24) is 10.6 Å². The third kappa shape index (κ3) is 17.1. The molecular formula is C88H84N4P4. The van der Waals surface area contributed by atoms with Crippen molar-refractivity contribution in [2.45, 2.75) is 88.6 Å². The molecule has 2 aliphatic carbocycles. The van der Waals surface area contributed by atoms with Crippen LogP contribution in [-0.2, 0) is 13.1 Å². The van der Waals surface area contributed by atoms with Gasteiger partial charge >= 0.3 is 0 Å². The van der Waals surface area contributed by atoms with Crippen LogP contribution in [0.3, 0.4) is 0 Å². The average Bonchev–Trinajstić information content (AvgIpc) is 0.950. The molecule has 0 bridgehead atoms. The van der Waals surface area contributed by atoms with E-state index >= 15 is 0 Å². The molecule has 4 atom stereocenters. The number of benzene rings is 12. The Labute approximate surface area is 575 Å². The van der Waals surface area contributed by atoms with E-state index in [4.69, 9.17) is 9.98 Å². The molecule has 2 N–H and O–H groups in total. The maximum atomic E-state index is 5.31. The molecule has 4 nitrogen and oxygen atoms in total. The minimum absolute atomic E-state index is 0.166. The molecular weight excluding hydrogens is 1240 g/mol. The lowest BCUT2D eigenvalue weighted by atomic mass is 9.90. The molecule has 0 amide bonds. The predicted octanol–water partition coefficient (Wildman–Crippen LogP) is 15.4. The summed E-state index contributed by atoms with van der Waals surface area (Å²) in [5.41, 5.74) is 5.21. The number of rotatable bonds is 22. The van der Waals surface area contributed by atoms with Crippen LogP contribution in [0, 0.1) is 0 Å². The maximum Gasteiger partial charge on any atom is 0.0723 e. The van der Waals surface area contributed by atoms with Crippen LogP contribution in [0.15, 0.2) is 350 Å². The number of hydrogen-bond acceptors (Lipinski definition) is 4. The molecule has 2 saturated carbocycles. The Bertz CT molecular complexity index is 3920. The van der Waals surface area contributed by atoms with Gasteiger partial charge in [0.05, 0.1) is 12.1 Å². The third-order valence-electron chi connectivity index (χ3n) is 18.3. The predicted molar refractivity (Wildman–Crippen MR) is 422 cm³/mol. The molecule has 12 aromatic carbocycles. The Hall–Kier alpha value is -8.38. The molecule has 0 aromatic heterocycles. The zero-order chi connectivity index (χ0) is 64.8. The maximum absolute atomic E-state index is 5.31. The lowest BCUT2D eigenvalue weighted by Gasteiger charge is -2.34. The van der Waals surface area contributed by atoms with Gasteiger partial charge in [0.25, 0.3) is 0 Å². The van der Waals surface area contributed by atoms with Crippen LogP contribution in [0.2, 0.25) is 0 Å². The summed E-state index contributed by atoms with van der Waals surface area (Å²) >= 11 is 0. The van der Waals surface area contributed by atoms with E-state index in [1.807, 2.05) is 0 Å². The Morgan fingerprint density at radius 2 is 0.469 bits per heavy atom. The largest absolute Gasteiger partial charge is 0.308 e. The average molecular weight is 1320 g/mol. The van der Waals surface area contributed by atoms with E-state index in [-0.39, 0.29) is 12.1 Å². The zero-order valence-corrected chi connectivity index (χ0v) is 58.1. The lowest BCUT2D eigenvalue weighted by Crippen LogP contribution is -2.49. The van der Waals surface area contributed by atoms with Gasteiger partial charge in [0.1, 0.15) is 0 Å². The van der Waals surface area contributed by atoms with E-state index in [0.717, 1.165) is 25.9 Å². The van der Waals surface area contributed by atoms with Crippen LogP contribution in [-0.4, -0.2) is 36.6 Å². The van der Waals surface area contributed by atoms with Crippen LogP contribution in [0.25, 0.3) is 0 Å². The summed E-state index contributed by atoms with van der Waals surface area (Å²) in [7, 11) is -2.72. The van der Waals surface area contributed by atoms with E-state index in [2.05, 4.69) is 363 Å². The van der Waals surface area contributed by atoms with Gasteiger partial charge in [-0.2, -0.15) is 0 Å². The second-order valence-electron chi connectivity index (χ2n) is 24.6. The van der Waals surface area contributed by atoms with Gasteiger partial charge in [-0.3, -0.25) is 9.98 Å². The number of hydrogen-bond donors (Lipinski definition) is 2. The highest BCUT2D eigenvalue weighted by Crippen LogP contribution is 2.38. The van der Waals surface area contributed by atoms with Crippen molar-refractivity contribution in [2.75, 3.05) is 0 Å². The first-order valence-corrected chi connectivity index (χ1v) is 39.5. The molecule has 96 heavy (non-hydrogen) atoms. The van der Waals surface area contributed by atoms with Crippen LogP contribution in [0.1, 0.15) is 73.6 Å². The SMILES string of the molecule is C(=N[C@@H]1CCCC[C@H]1N=Cc1ccccc1P(c1ccccc1)c1ccccc1)c1ccccc1P(c1ccccc1)c1ccccc1.c1ccc(P(c2ccccc2)c2ccccc2CN[C@@H]2CCCC[C@H]2NCc2ccccc2P(c2ccccc2)c2ccccc2)cc1. The second-order valence-corrected chi connectivity index (χ2v) is 33.4. The van der Waals surface area contributed by atoms with Crippen LogP contribution >= 0.6 is 31.7 Å². The molecule has 12 aromatic rings. The van der Waals surface area contributed by atoms with E-state index < -0.39 is 31.7 Å². The standard InChI is InChI=1S/C44H44N2P2.C44H40N2P2/c2*1-5-21-37(22-6-1)47(38-23-7-2-8-24-38)43-31-17-13-19-35(43)33-45-41-29-15-16-30-42(41)46-34-36-20-14-18-32-44(36)48(39-25-9-3-10-26-39)40-27-11-4-12-28-40/h1-14,17-28,31-32,41-42,45-46H,15-16,29-30,33-34H2;1-14,17-28,31-34,41-42H,15-16,29-30H2/t2*41-,42-/m11/s1. The molecule has 476 valence electrons. The van der Waals surface area contributed by atoms with Crippen molar-refractivity contribution in [3.8, 4) is 0 Å². The fourth-order valence-electron chi connectivity index (χ4n) is 13.6. The van der Waals surface area contributed by atoms with Crippen molar-refractivity contribution >= 4 is 108 Å². The zero-order valence-electron chi connectivity index (χ0n) is 54.6. The monoisotopic (exact) mass is 1320 g/mol. The van der Waals surface area contributed by atoms with Crippen molar-refractivity contribution in [3.63, 3.8) is 0 Å². The van der Waals surface area contributed by atoms with Gasteiger partial charge in [-0.05, 0) is 132 Å². The van der Waals surface area contributed by atoms with Gasteiger partial charge in [0.2, 0.25) is 0 Å². The van der Waals surface area contributed by atoms with Gasteiger partial charge in [-0.15, -0.1) is 0 Å². The molecule has 14 rings (SSSR count). The summed E-state index contributed by atoms with van der Waals surface area (Å²) in [5, 5.41) is 24.7. The summed E-state index contributed by atoms with van der Waals surface area (Å²) in [4.78, 5) is 10.6. The number of aliphatic imine (C=N–C) groups is 2. The summed E-state index contributed by atoms with van der Waals surface area (Å²) < 4.78 is 0. The Balaban J connectivity index is 0.000000174. The van der Waals surface area contributed by atoms with Gasteiger partial charge in [-0.25, -0.2) is 0 Å². The van der Waals surface area contributed by atoms with Gasteiger partial charge in [0.15, 0.2) is 0 Å². The summed E-state index contributed by atoms with van der Waals surface area (Å²) in [6.07, 6.45) is 13.8. The fourth-order valence-corrected chi connectivity index (χ4v) is 23.4. The topological polar surface area (TPSA) is 48.8 Å². The molecule has 0 heterocycles. The molecule has 0 saturated heterocycles. The van der Waals surface area contributed by atoms with Crippen LogP contribution < -0.4 is 74.3 Å². The summed E-state index contributed by atoms with van der Waals surface area (Å²) in [5.74, 6) is 0. The van der Waals surface area contributed by atoms with E-state index in [9.17, 15) is 0 Å². The molecule has 0 radical (unpaired) electrons. The Morgan fingerprint density at radius 1 is 0.250 bits per heavy atom. The smallest absolute Gasteiger partial charge is 0.0723 e. The van der Waals surface area contributed by atoms with Crippen molar-refractivity contribution in [2.24, 2.45) is 9.98 Å². The quantitative estimate of drug-likeness (QED) is 0.0525. The van der Waals surface area contributed by atoms with Crippen molar-refractivity contribution < 1.29 is 0 Å². The van der Waals surface area contributed by atoms with Crippen molar-refractivity contribution in [1.29, 1.82) is 0 Å². The highest BCUT2D eigenvalue weighted by atomic mass is 31.1. The molecule has 0 spiro atoms. The second kappa shape index (κ2) is 34.5. The van der Waals surface area contributed by atoms with Crippen LogP contribution in [0.4, 0.5) is 0 Å². The lowest BCUT2D eigenvalue weighted by molar-refractivity contribution is 0.281.